The number of hydrogen-bond donors (Lipinski definition) is 0. The van der Waals surface area contributed by atoms with E-state index in [1.807, 2.05) is 83.1 Å². The number of rotatable bonds is 12. The monoisotopic (exact) mass is 454 g/mol. The second-order valence-electron chi connectivity index (χ2n) is 10.1. The molecule has 0 fully saturated rings. The van der Waals surface area contributed by atoms with Crippen LogP contribution in [0.4, 0.5) is 0 Å². The van der Waals surface area contributed by atoms with Crippen LogP contribution < -0.4 is 9.47 Å². The summed E-state index contributed by atoms with van der Waals surface area (Å²) >= 11 is 0. The minimum absolute atomic E-state index is 0.00652. The lowest BCUT2D eigenvalue weighted by Crippen LogP contribution is -2.40. The molecular weight excluding hydrogens is 416 g/mol. The van der Waals surface area contributed by atoms with Crippen molar-refractivity contribution in [2.75, 3.05) is 14.2 Å². The number of hydrogen-bond acceptors (Lipinski definition) is 5. The lowest BCUT2D eigenvalue weighted by atomic mass is 9.76. The molecule has 0 aliphatic rings. The summed E-state index contributed by atoms with van der Waals surface area (Å²) in [5.41, 5.74) is 0.786. The summed E-state index contributed by atoms with van der Waals surface area (Å²) in [5, 5.41) is 0. The first-order chi connectivity index (χ1) is 15.5. The number of Topliss-reactive ketones (excluding diaryl/α,β-unsaturated/α-hetero) is 2. The van der Waals surface area contributed by atoms with Gasteiger partial charge in [-0.25, -0.2) is 0 Å². The van der Waals surface area contributed by atoms with Gasteiger partial charge in [0.1, 0.15) is 23.4 Å². The molecule has 0 saturated carbocycles. The van der Waals surface area contributed by atoms with Crippen molar-refractivity contribution >= 4 is 11.6 Å². The highest BCUT2D eigenvalue weighted by Gasteiger charge is 2.37. The minimum atomic E-state index is -0.683. The number of carbonyl (C=O) groups excluding carboxylic acids is 2. The number of benzene rings is 2. The Morgan fingerprint density at radius 3 is 1.73 bits per heavy atom. The Bertz CT molecular complexity index is 905. The van der Waals surface area contributed by atoms with E-state index in [9.17, 15) is 9.59 Å². The van der Waals surface area contributed by atoms with Crippen LogP contribution in [0.15, 0.2) is 48.5 Å². The van der Waals surface area contributed by atoms with Crippen LogP contribution in [-0.2, 0) is 27.4 Å². The van der Waals surface area contributed by atoms with Crippen LogP contribution in [0.25, 0.3) is 0 Å². The van der Waals surface area contributed by atoms with Crippen molar-refractivity contribution in [1.29, 1.82) is 0 Å². The molecule has 0 bridgehead atoms. The normalized spacial score (nSPS) is 12.8. The quantitative estimate of drug-likeness (QED) is 0.404. The molecular formula is C28H38O5. The standard InChI is InChI=1S/C28H38O5/c1-27(2,3)26(30)24(33-19-21-10-15-23(32-7)16-11-21)18-28(4,5)25(29)17-12-20-8-13-22(31-6)14-9-20/h8-11,13-16,24H,12,17-19H2,1-7H3. The van der Waals surface area contributed by atoms with Gasteiger partial charge in [-0.15, -0.1) is 0 Å². The maximum Gasteiger partial charge on any atom is 0.166 e. The van der Waals surface area contributed by atoms with Gasteiger partial charge in [0.25, 0.3) is 0 Å². The zero-order chi connectivity index (χ0) is 24.6. The third-order valence-electron chi connectivity index (χ3n) is 5.89. The van der Waals surface area contributed by atoms with Crippen molar-refractivity contribution in [2.24, 2.45) is 10.8 Å². The van der Waals surface area contributed by atoms with Crippen LogP contribution >= 0.6 is 0 Å². The van der Waals surface area contributed by atoms with E-state index in [1.54, 1.807) is 14.2 Å². The van der Waals surface area contributed by atoms with Crippen LogP contribution in [0.3, 0.4) is 0 Å². The van der Waals surface area contributed by atoms with Crippen LogP contribution in [0.2, 0.25) is 0 Å². The van der Waals surface area contributed by atoms with Crippen molar-refractivity contribution in [3.8, 4) is 11.5 Å². The van der Waals surface area contributed by atoms with Crippen molar-refractivity contribution in [1.82, 2.24) is 0 Å². The molecule has 0 aliphatic heterocycles. The third kappa shape index (κ3) is 8.01. The topological polar surface area (TPSA) is 61.8 Å². The number of methoxy groups -OCH3 is 2. The third-order valence-corrected chi connectivity index (χ3v) is 5.89. The highest BCUT2D eigenvalue weighted by Crippen LogP contribution is 2.31. The fraction of sp³-hybridized carbons (Fsp3) is 0.500. The first-order valence-corrected chi connectivity index (χ1v) is 11.4. The van der Waals surface area contributed by atoms with Crippen molar-refractivity contribution in [3.63, 3.8) is 0 Å². The fourth-order valence-corrected chi connectivity index (χ4v) is 3.59. The van der Waals surface area contributed by atoms with Crippen LogP contribution in [0.1, 0.15) is 58.6 Å². The molecule has 1 unspecified atom stereocenters. The Morgan fingerprint density at radius 1 is 0.788 bits per heavy atom. The summed E-state index contributed by atoms with van der Waals surface area (Å²) in [6.07, 6.45) is 0.748. The maximum absolute atomic E-state index is 13.2. The molecule has 0 N–H and O–H groups in total. The van der Waals surface area contributed by atoms with Crippen LogP contribution in [0, 0.1) is 10.8 Å². The van der Waals surface area contributed by atoms with E-state index >= 15 is 0 Å². The van der Waals surface area contributed by atoms with Crippen molar-refractivity contribution < 1.29 is 23.8 Å². The molecule has 0 aromatic heterocycles. The van der Waals surface area contributed by atoms with Gasteiger partial charge in [0.05, 0.1) is 20.8 Å². The average Bonchev–Trinajstić information content (AvgIpc) is 2.79. The highest BCUT2D eigenvalue weighted by molar-refractivity contribution is 5.90. The van der Waals surface area contributed by atoms with E-state index < -0.39 is 16.9 Å². The number of aryl methyl sites for hydroxylation is 1. The maximum atomic E-state index is 13.2. The number of ketones is 2. The Balaban J connectivity index is 2.06. The Hall–Kier alpha value is -2.66. The van der Waals surface area contributed by atoms with Crippen molar-refractivity contribution in [2.45, 2.75) is 66.6 Å². The van der Waals surface area contributed by atoms with Crippen molar-refractivity contribution in [3.05, 3.63) is 59.7 Å². The zero-order valence-corrected chi connectivity index (χ0v) is 21.1. The minimum Gasteiger partial charge on any atom is -0.497 e. The molecule has 0 radical (unpaired) electrons. The van der Waals surface area contributed by atoms with Crippen LogP contribution in [0.5, 0.6) is 11.5 Å². The molecule has 0 amide bonds. The first kappa shape index (κ1) is 26.6. The van der Waals surface area contributed by atoms with Gasteiger partial charge >= 0.3 is 0 Å². The number of ether oxygens (including phenoxy) is 3. The fourth-order valence-electron chi connectivity index (χ4n) is 3.59. The lowest BCUT2D eigenvalue weighted by Gasteiger charge is -2.31. The summed E-state index contributed by atoms with van der Waals surface area (Å²) in [6.45, 7) is 9.77. The summed E-state index contributed by atoms with van der Waals surface area (Å²) in [5.74, 6) is 1.69. The van der Waals surface area contributed by atoms with Gasteiger partial charge in [0.2, 0.25) is 0 Å². The Kier molecular flexibility index (Phi) is 9.24. The predicted octanol–water partition coefficient (Wildman–Crippen LogP) is 5.82. The molecule has 1 atom stereocenters. The summed E-state index contributed by atoms with van der Waals surface area (Å²) in [4.78, 5) is 26.3. The van der Waals surface area contributed by atoms with Gasteiger partial charge < -0.3 is 14.2 Å². The molecule has 2 rings (SSSR count). The number of carbonyl (C=O) groups is 2. The molecule has 0 heterocycles. The molecule has 2 aromatic rings. The SMILES string of the molecule is COc1ccc(CCC(=O)C(C)(C)CC(OCc2ccc(OC)cc2)C(=O)C(C)(C)C)cc1. The largest absolute Gasteiger partial charge is 0.497 e. The smallest absolute Gasteiger partial charge is 0.166 e. The van der Waals surface area contributed by atoms with E-state index in [2.05, 4.69) is 0 Å². The lowest BCUT2D eigenvalue weighted by molar-refractivity contribution is -0.143. The Labute approximate surface area is 198 Å². The molecule has 0 saturated heterocycles. The van der Waals surface area contributed by atoms with E-state index in [-0.39, 0.29) is 11.6 Å². The predicted molar refractivity (Wildman–Crippen MR) is 131 cm³/mol. The van der Waals surface area contributed by atoms with Gasteiger partial charge in [0.15, 0.2) is 5.78 Å². The molecule has 0 spiro atoms. The molecule has 33 heavy (non-hydrogen) atoms. The highest BCUT2D eigenvalue weighted by atomic mass is 16.5. The molecule has 5 nitrogen and oxygen atoms in total. The Morgan fingerprint density at radius 2 is 1.27 bits per heavy atom. The molecule has 5 heteroatoms. The second-order valence-corrected chi connectivity index (χ2v) is 10.1. The summed E-state index contributed by atoms with van der Waals surface area (Å²) in [6, 6.07) is 15.3. The molecule has 2 aromatic carbocycles. The van der Waals surface area contributed by atoms with E-state index in [4.69, 9.17) is 14.2 Å². The van der Waals surface area contributed by atoms with Gasteiger partial charge in [0, 0.05) is 17.3 Å². The molecule has 180 valence electrons. The second kappa shape index (κ2) is 11.5. The van der Waals surface area contributed by atoms with Gasteiger partial charge in [-0.2, -0.15) is 0 Å². The van der Waals surface area contributed by atoms with E-state index in [1.165, 1.54) is 0 Å². The summed E-state index contributed by atoms with van der Waals surface area (Å²) < 4.78 is 16.5. The zero-order valence-electron chi connectivity index (χ0n) is 21.1. The van der Waals surface area contributed by atoms with E-state index in [0.29, 0.717) is 25.9 Å². The van der Waals surface area contributed by atoms with Gasteiger partial charge in [-0.1, -0.05) is 58.9 Å². The first-order valence-electron chi connectivity index (χ1n) is 11.4. The molecule has 0 aliphatic carbocycles. The summed E-state index contributed by atoms with van der Waals surface area (Å²) in [7, 11) is 3.25. The van der Waals surface area contributed by atoms with Crippen LogP contribution in [-0.4, -0.2) is 31.9 Å². The van der Waals surface area contributed by atoms with Gasteiger partial charge in [-0.3, -0.25) is 9.59 Å². The average molecular weight is 455 g/mol. The van der Waals surface area contributed by atoms with E-state index in [0.717, 1.165) is 22.6 Å². The van der Waals surface area contributed by atoms with Gasteiger partial charge in [-0.05, 0) is 48.2 Å².